The highest BCUT2D eigenvalue weighted by atomic mass is 32.2. The second-order valence-corrected chi connectivity index (χ2v) is 7.78. The van der Waals surface area contributed by atoms with Crippen molar-refractivity contribution in [3.8, 4) is 0 Å². The van der Waals surface area contributed by atoms with Crippen LogP contribution in [0.5, 0.6) is 0 Å². The molecule has 0 unspecified atom stereocenters. The number of carbonyl (C=O) groups excluding carboxylic acids is 1. The summed E-state index contributed by atoms with van der Waals surface area (Å²) in [5, 5.41) is 11.8. The smallest absolute Gasteiger partial charge is 0.407 e. The van der Waals surface area contributed by atoms with E-state index in [1.165, 1.54) is 11.1 Å². The van der Waals surface area contributed by atoms with Gasteiger partial charge in [-0.15, -0.1) is 0 Å². The van der Waals surface area contributed by atoms with Crippen molar-refractivity contribution in [2.45, 2.75) is 44.8 Å². The lowest BCUT2D eigenvalue weighted by atomic mass is 10.0. The van der Waals surface area contributed by atoms with Gasteiger partial charge in [0.15, 0.2) is 0 Å². The van der Waals surface area contributed by atoms with Crippen LogP contribution in [0.2, 0.25) is 0 Å². The third-order valence-electron chi connectivity index (χ3n) is 3.59. The summed E-state index contributed by atoms with van der Waals surface area (Å²) in [6.45, 7) is 5.99. The standard InChI is InChI=1S/C17H25NO3S/c1-17(2,3)18-16(20)21-15-10-12-6-4-5-7-13(12)14(15)11-22-9-8-19/h4-7,14-15,19H,8-11H2,1-3H3,(H,18,20)/t14-,15-/m1/s1. The van der Waals surface area contributed by atoms with Crippen molar-refractivity contribution in [2.75, 3.05) is 18.1 Å². The van der Waals surface area contributed by atoms with E-state index in [1.54, 1.807) is 11.8 Å². The molecule has 4 nitrogen and oxygen atoms in total. The minimum absolute atomic E-state index is 0.133. The van der Waals surface area contributed by atoms with E-state index in [2.05, 4.69) is 17.4 Å². The number of fused-ring (bicyclic) bond motifs is 1. The van der Waals surface area contributed by atoms with Gasteiger partial charge in [0, 0.05) is 29.4 Å². The Morgan fingerprint density at radius 1 is 1.41 bits per heavy atom. The fourth-order valence-electron chi connectivity index (χ4n) is 2.71. The number of aliphatic hydroxyl groups excluding tert-OH is 1. The number of aliphatic hydroxyl groups is 1. The number of carbonyl (C=O) groups is 1. The molecule has 0 spiro atoms. The molecule has 1 amide bonds. The van der Waals surface area contributed by atoms with Crippen LogP contribution in [-0.2, 0) is 11.2 Å². The molecule has 1 aliphatic carbocycles. The van der Waals surface area contributed by atoms with Gasteiger partial charge in [-0.25, -0.2) is 4.79 Å². The highest BCUT2D eigenvalue weighted by molar-refractivity contribution is 7.99. The van der Waals surface area contributed by atoms with E-state index in [4.69, 9.17) is 9.84 Å². The maximum atomic E-state index is 12.1. The molecule has 122 valence electrons. The molecule has 0 heterocycles. The van der Waals surface area contributed by atoms with Crippen molar-refractivity contribution in [3.05, 3.63) is 35.4 Å². The molecule has 0 aromatic heterocycles. The minimum atomic E-state index is -0.359. The average molecular weight is 323 g/mol. The number of nitrogens with one attached hydrogen (secondary N) is 1. The number of ether oxygens (including phenoxy) is 1. The zero-order valence-corrected chi connectivity index (χ0v) is 14.3. The number of hydrogen-bond donors (Lipinski definition) is 2. The Labute approximate surface area is 136 Å². The first-order valence-corrected chi connectivity index (χ1v) is 8.81. The normalized spacial score (nSPS) is 20.5. The van der Waals surface area contributed by atoms with Gasteiger partial charge in [0.2, 0.25) is 0 Å². The first kappa shape index (κ1) is 17.2. The molecule has 2 N–H and O–H groups in total. The lowest BCUT2D eigenvalue weighted by molar-refractivity contribution is 0.0860. The first-order valence-electron chi connectivity index (χ1n) is 7.66. The Morgan fingerprint density at radius 3 is 2.82 bits per heavy atom. The number of benzene rings is 1. The molecule has 0 saturated carbocycles. The predicted molar refractivity (Wildman–Crippen MR) is 90.5 cm³/mol. The molecule has 0 aliphatic heterocycles. The molecule has 2 rings (SSSR count). The molecule has 0 fully saturated rings. The van der Waals surface area contributed by atoms with E-state index < -0.39 is 0 Å². The second kappa shape index (κ2) is 7.38. The maximum Gasteiger partial charge on any atom is 0.407 e. The Kier molecular flexibility index (Phi) is 5.75. The van der Waals surface area contributed by atoms with Crippen LogP contribution in [0.1, 0.15) is 37.8 Å². The van der Waals surface area contributed by atoms with Crippen LogP contribution in [0.15, 0.2) is 24.3 Å². The molecule has 5 heteroatoms. The summed E-state index contributed by atoms with van der Waals surface area (Å²) in [6.07, 6.45) is 0.270. The summed E-state index contributed by atoms with van der Waals surface area (Å²) in [6, 6.07) is 8.27. The van der Waals surface area contributed by atoms with E-state index in [1.807, 2.05) is 32.9 Å². The monoisotopic (exact) mass is 323 g/mol. The molecule has 2 atom stereocenters. The van der Waals surface area contributed by atoms with Crippen molar-refractivity contribution in [1.29, 1.82) is 0 Å². The molecule has 0 saturated heterocycles. The third kappa shape index (κ3) is 4.65. The Hall–Kier alpha value is -1.20. The molecule has 1 aromatic rings. The summed E-state index contributed by atoms with van der Waals surface area (Å²) in [7, 11) is 0. The summed E-state index contributed by atoms with van der Waals surface area (Å²) < 4.78 is 5.69. The molecule has 0 bridgehead atoms. The molecule has 1 aliphatic rings. The van der Waals surface area contributed by atoms with Gasteiger partial charge < -0.3 is 15.2 Å². The fourth-order valence-corrected chi connectivity index (χ4v) is 3.65. The Bertz CT molecular complexity index is 513. The van der Waals surface area contributed by atoms with E-state index in [0.717, 1.165) is 12.2 Å². The lowest BCUT2D eigenvalue weighted by Crippen LogP contribution is -2.43. The van der Waals surface area contributed by atoms with Crippen molar-refractivity contribution in [2.24, 2.45) is 0 Å². The highest BCUT2D eigenvalue weighted by Gasteiger charge is 2.35. The van der Waals surface area contributed by atoms with Gasteiger partial charge >= 0.3 is 6.09 Å². The van der Waals surface area contributed by atoms with Crippen molar-refractivity contribution in [1.82, 2.24) is 5.32 Å². The van der Waals surface area contributed by atoms with Crippen LogP contribution in [0.3, 0.4) is 0 Å². The van der Waals surface area contributed by atoms with Crippen molar-refractivity contribution < 1.29 is 14.6 Å². The Balaban J connectivity index is 2.04. The van der Waals surface area contributed by atoms with Crippen LogP contribution < -0.4 is 5.32 Å². The van der Waals surface area contributed by atoms with Crippen molar-refractivity contribution >= 4 is 17.9 Å². The Morgan fingerprint density at radius 2 is 2.14 bits per heavy atom. The largest absolute Gasteiger partial charge is 0.445 e. The van der Waals surface area contributed by atoms with Crippen LogP contribution in [0, 0.1) is 0 Å². The highest BCUT2D eigenvalue weighted by Crippen LogP contribution is 2.37. The number of hydrogen-bond acceptors (Lipinski definition) is 4. The van der Waals surface area contributed by atoms with Gasteiger partial charge in [-0.1, -0.05) is 24.3 Å². The first-order chi connectivity index (χ1) is 10.4. The predicted octanol–water partition coefficient (Wildman–Crippen LogP) is 2.95. The van der Waals surface area contributed by atoms with E-state index in [-0.39, 0.29) is 30.3 Å². The van der Waals surface area contributed by atoms with Gasteiger partial charge in [-0.3, -0.25) is 0 Å². The molecule has 22 heavy (non-hydrogen) atoms. The quantitative estimate of drug-likeness (QED) is 0.818. The number of rotatable bonds is 5. The molecular formula is C17H25NO3S. The summed E-state index contributed by atoms with van der Waals surface area (Å²) in [5.41, 5.74) is 2.22. The zero-order valence-electron chi connectivity index (χ0n) is 13.5. The van der Waals surface area contributed by atoms with Gasteiger partial charge in [-0.05, 0) is 31.9 Å². The van der Waals surface area contributed by atoms with Gasteiger partial charge in [0.05, 0.1) is 6.61 Å². The second-order valence-electron chi connectivity index (χ2n) is 6.63. The van der Waals surface area contributed by atoms with E-state index in [9.17, 15) is 4.79 Å². The summed E-state index contributed by atoms with van der Waals surface area (Å²) >= 11 is 1.70. The maximum absolute atomic E-state index is 12.1. The van der Waals surface area contributed by atoms with E-state index in [0.29, 0.717) is 5.75 Å². The SMILES string of the molecule is CC(C)(C)NC(=O)O[C@@H]1Cc2ccccc2[C@H]1CSCCO. The van der Waals surface area contributed by atoms with Gasteiger partial charge in [-0.2, -0.15) is 11.8 Å². The van der Waals surface area contributed by atoms with Gasteiger partial charge in [0.25, 0.3) is 0 Å². The van der Waals surface area contributed by atoms with Crippen LogP contribution in [0.25, 0.3) is 0 Å². The molecule has 1 aromatic carbocycles. The number of amides is 1. The van der Waals surface area contributed by atoms with E-state index >= 15 is 0 Å². The fraction of sp³-hybridized carbons (Fsp3) is 0.588. The topological polar surface area (TPSA) is 58.6 Å². The summed E-state index contributed by atoms with van der Waals surface area (Å²) in [4.78, 5) is 12.1. The molecular weight excluding hydrogens is 298 g/mol. The lowest BCUT2D eigenvalue weighted by Gasteiger charge is -2.25. The minimum Gasteiger partial charge on any atom is -0.445 e. The number of alkyl carbamates (subject to hydrolysis) is 1. The average Bonchev–Trinajstić information content (AvgIpc) is 2.75. The van der Waals surface area contributed by atoms with Crippen LogP contribution in [-0.4, -0.2) is 41.0 Å². The number of thioether (sulfide) groups is 1. The van der Waals surface area contributed by atoms with Crippen molar-refractivity contribution in [3.63, 3.8) is 0 Å². The van der Waals surface area contributed by atoms with Crippen LogP contribution in [0.4, 0.5) is 4.79 Å². The van der Waals surface area contributed by atoms with Crippen LogP contribution >= 0.6 is 11.8 Å². The van der Waals surface area contributed by atoms with Gasteiger partial charge in [0.1, 0.15) is 6.10 Å². The summed E-state index contributed by atoms with van der Waals surface area (Å²) in [5.74, 6) is 1.75. The molecule has 0 radical (unpaired) electrons. The zero-order chi connectivity index (χ0) is 16.2. The third-order valence-corrected chi connectivity index (χ3v) is 4.66.